The molecule has 0 aromatic heterocycles. The van der Waals surface area contributed by atoms with Crippen LogP contribution in [0.1, 0.15) is 40.5 Å². The van der Waals surface area contributed by atoms with Crippen LogP contribution >= 0.6 is 0 Å². The smallest absolute Gasteiger partial charge is 0.280 e. The first-order valence-corrected chi connectivity index (χ1v) is 8.28. The molecule has 2 atom stereocenters. The Kier molecular flexibility index (Phi) is 5.76. The Morgan fingerprint density at radius 2 is 1.74 bits per heavy atom. The minimum Gasteiger partial charge on any atom is -0.394 e. The second-order valence-corrected chi connectivity index (χ2v) is 7.00. The van der Waals surface area contributed by atoms with Crippen molar-refractivity contribution >= 4 is 10.2 Å². The van der Waals surface area contributed by atoms with Gasteiger partial charge in [-0.15, -0.1) is 0 Å². The third-order valence-electron chi connectivity index (χ3n) is 3.73. The number of nitrogens with zero attached hydrogens (tertiary/aromatic N) is 1. The molecule has 1 heterocycles. The summed E-state index contributed by atoms with van der Waals surface area (Å²) < 4.78 is 34.4. The van der Waals surface area contributed by atoms with Crippen LogP contribution in [0.15, 0.2) is 0 Å². The van der Waals surface area contributed by atoms with Crippen LogP contribution in [0.2, 0.25) is 0 Å². The van der Waals surface area contributed by atoms with Gasteiger partial charge < -0.3 is 9.84 Å². The van der Waals surface area contributed by atoms with Crippen molar-refractivity contribution < 1.29 is 18.3 Å². The number of hydrogen-bond donors (Lipinski definition) is 2. The molecular formula is C12H26N2O4S. The highest BCUT2D eigenvalue weighted by Crippen LogP contribution is 2.19. The maximum absolute atomic E-state index is 12.4. The first-order valence-electron chi connectivity index (χ1n) is 6.84. The van der Waals surface area contributed by atoms with Crippen LogP contribution in [0, 0.1) is 0 Å². The SMILES string of the molecule is CCC(CC)(CO)NS(=O)(=O)N1CC(C)OC(C)C1. The third kappa shape index (κ3) is 4.13. The van der Waals surface area contributed by atoms with E-state index < -0.39 is 15.7 Å². The van der Waals surface area contributed by atoms with E-state index in [-0.39, 0.29) is 18.8 Å². The molecule has 1 fully saturated rings. The first-order chi connectivity index (χ1) is 8.78. The van der Waals surface area contributed by atoms with Crippen molar-refractivity contribution in [3.8, 4) is 0 Å². The van der Waals surface area contributed by atoms with E-state index in [1.807, 2.05) is 27.7 Å². The molecule has 0 aliphatic carbocycles. The summed E-state index contributed by atoms with van der Waals surface area (Å²) in [5, 5.41) is 9.47. The lowest BCUT2D eigenvalue weighted by Gasteiger charge is -2.38. The van der Waals surface area contributed by atoms with E-state index in [0.29, 0.717) is 25.9 Å². The van der Waals surface area contributed by atoms with E-state index in [2.05, 4.69) is 4.72 Å². The van der Waals surface area contributed by atoms with E-state index in [4.69, 9.17) is 4.74 Å². The topological polar surface area (TPSA) is 78.9 Å². The van der Waals surface area contributed by atoms with Crippen LogP contribution < -0.4 is 4.72 Å². The summed E-state index contributed by atoms with van der Waals surface area (Å²) >= 11 is 0. The molecular weight excluding hydrogens is 268 g/mol. The van der Waals surface area contributed by atoms with Crippen molar-refractivity contribution in [2.24, 2.45) is 0 Å². The van der Waals surface area contributed by atoms with Crippen molar-refractivity contribution in [1.82, 2.24) is 9.03 Å². The molecule has 7 heteroatoms. The molecule has 0 aromatic carbocycles. The predicted molar refractivity (Wildman–Crippen MR) is 74.0 cm³/mol. The number of aliphatic hydroxyl groups excluding tert-OH is 1. The highest BCUT2D eigenvalue weighted by molar-refractivity contribution is 7.87. The number of morpholine rings is 1. The number of aliphatic hydroxyl groups is 1. The molecule has 6 nitrogen and oxygen atoms in total. The number of rotatable bonds is 6. The molecule has 19 heavy (non-hydrogen) atoms. The van der Waals surface area contributed by atoms with Crippen molar-refractivity contribution in [3.05, 3.63) is 0 Å². The quantitative estimate of drug-likeness (QED) is 0.747. The Hall–Kier alpha value is -0.210. The van der Waals surface area contributed by atoms with Gasteiger partial charge in [-0.25, -0.2) is 0 Å². The zero-order valence-electron chi connectivity index (χ0n) is 12.2. The van der Waals surface area contributed by atoms with Gasteiger partial charge in [-0.3, -0.25) is 0 Å². The maximum Gasteiger partial charge on any atom is 0.280 e. The van der Waals surface area contributed by atoms with Crippen LogP contribution in [0.3, 0.4) is 0 Å². The molecule has 1 rings (SSSR count). The van der Waals surface area contributed by atoms with E-state index in [1.54, 1.807) is 0 Å². The lowest BCUT2D eigenvalue weighted by atomic mass is 9.96. The fourth-order valence-corrected chi connectivity index (χ4v) is 4.16. The molecule has 0 bridgehead atoms. The lowest BCUT2D eigenvalue weighted by Crippen LogP contribution is -2.58. The molecule has 0 radical (unpaired) electrons. The third-order valence-corrected chi connectivity index (χ3v) is 5.40. The van der Waals surface area contributed by atoms with Crippen LogP contribution in [-0.4, -0.2) is 55.3 Å². The summed E-state index contributed by atoms with van der Waals surface area (Å²) in [4.78, 5) is 0. The average Bonchev–Trinajstić information content (AvgIpc) is 2.35. The van der Waals surface area contributed by atoms with Gasteiger partial charge in [-0.05, 0) is 26.7 Å². The largest absolute Gasteiger partial charge is 0.394 e. The summed E-state index contributed by atoms with van der Waals surface area (Å²) in [6, 6.07) is 0. The highest BCUT2D eigenvalue weighted by atomic mass is 32.2. The Bertz CT molecular complexity index is 363. The van der Waals surface area contributed by atoms with Crippen molar-refractivity contribution in [2.45, 2.75) is 58.3 Å². The predicted octanol–water partition coefficient (Wildman–Crippen LogP) is 0.481. The number of hydrogen-bond acceptors (Lipinski definition) is 4. The normalized spacial score (nSPS) is 26.6. The van der Waals surface area contributed by atoms with Gasteiger partial charge >= 0.3 is 0 Å². The monoisotopic (exact) mass is 294 g/mol. The first kappa shape index (κ1) is 16.8. The summed E-state index contributed by atoms with van der Waals surface area (Å²) in [6.07, 6.45) is 0.864. The molecule has 0 saturated carbocycles. The Labute approximate surface area is 116 Å². The fraction of sp³-hybridized carbons (Fsp3) is 1.00. The molecule has 1 aliphatic rings. The zero-order chi connectivity index (χ0) is 14.7. The van der Waals surface area contributed by atoms with E-state index >= 15 is 0 Å². The van der Waals surface area contributed by atoms with Gasteiger partial charge in [-0.1, -0.05) is 13.8 Å². The molecule has 0 spiro atoms. The van der Waals surface area contributed by atoms with Gasteiger partial charge in [-0.2, -0.15) is 17.4 Å². The summed E-state index contributed by atoms with van der Waals surface area (Å²) in [6.45, 7) is 7.94. The molecule has 2 N–H and O–H groups in total. The van der Waals surface area contributed by atoms with Gasteiger partial charge in [0, 0.05) is 13.1 Å². The number of ether oxygens (including phenoxy) is 1. The molecule has 1 aliphatic heterocycles. The molecule has 2 unspecified atom stereocenters. The lowest BCUT2D eigenvalue weighted by molar-refractivity contribution is -0.0447. The summed E-state index contributed by atoms with van der Waals surface area (Å²) in [5.41, 5.74) is -0.774. The van der Waals surface area contributed by atoms with Crippen molar-refractivity contribution in [3.63, 3.8) is 0 Å². The van der Waals surface area contributed by atoms with E-state index in [1.165, 1.54) is 4.31 Å². The minimum absolute atomic E-state index is 0.118. The molecule has 0 aromatic rings. The highest BCUT2D eigenvalue weighted by Gasteiger charge is 2.37. The molecule has 1 saturated heterocycles. The van der Waals surface area contributed by atoms with Crippen LogP contribution in [-0.2, 0) is 14.9 Å². The molecule has 114 valence electrons. The second kappa shape index (κ2) is 6.49. The summed E-state index contributed by atoms with van der Waals surface area (Å²) in [5.74, 6) is 0. The average molecular weight is 294 g/mol. The Morgan fingerprint density at radius 3 is 2.11 bits per heavy atom. The number of nitrogens with one attached hydrogen (secondary N) is 1. The van der Waals surface area contributed by atoms with Gasteiger partial charge in [0.2, 0.25) is 0 Å². The van der Waals surface area contributed by atoms with Crippen LogP contribution in [0.4, 0.5) is 0 Å². The van der Waals surface area contributed by atoms with Crippen LogP contribution in [0.5, 0.6) is 0 Å². The fourth-order valence-electron chi connectivity index (χ4n) is 2.32. The Balaban J connectivity index is 2.85. The van der Waals surface area contributed by atoms with E-state index in [0.717, 1.165) is 0 Å². The zero-order valence-corrected chi connectivity index (χ0v) is 13.0. The van der Waals surface area contributed by atoms with Gasteiger partial charge in [0.1, 0.15) is 0 Å². The van der Waals surface area contributed by atoms with Gasteiger partial charge in [0.15, 0.2) is 0 Å². The van der Waals surface area contributed by atoms with Crippen molar-refractivity contribution in [2.75, 3.05) is 19.7 Å². The maximum atomic E-state index is 12.4. The Morgan fingerprint density at radius 1 is 1.26 bits per heavy atom. The van der Waals surface area contributed by atoms with Gasteiger partial charge in [0.05, 0.1) is 24.4 Å². The van der Waals surface area contributed by atoms with Crippen LogP contribution in [0.25, 0.3) is 0 Å². The second-order valence-electron chi connectivity index (χ2n) is 5.33. The standard InChI is InChI=1S/C12H26N2O4S/c1-5-12(6-2,9-15)13-19(16,17)14-7-10(3)18-11(4)8-14/h10-11,13,15H,5-9H2,1-4H3. The molecule has 0 amide bonds. The van der Waals surface area contributed by atoms with E-state index in [9.17, 15) is 13.5 Å². The minimum atomic E-state index is -3.60. The summed E-state index contributed by atoms with van der Waals surface area (Å²) in [7, 11) is -3.60. The van der Waals surface area contributed by atoms with Crippen molar-refractivity contribution in [1.29, 1.82) is 0 Å². The van der Waals surface area contributed by atoms with Gasteiger partial charge in [0.25, 0.3) is 10.2 Å².